The molecule has 0 aliphatic carbocycles. The number of hydrogen-bond acceptors (Lipinski definition) is 33. The largest absolute Gasteiger partial charge is 0.382 e. The Morgan fingerprint density at radius 3 is 0.467 bits per heavy atom. The number of hydrogen-bond donors (Lipinski definition) is 0. The molecule has 0 N–H and O–H groups in total. The van der Waals surface area contributed by atoms with Crippen LogP contribution < -0.4 is 21.2 Å². The van der Waals surface area contributed by atoms with Crippen LogP contribution in [0.25, 0.3) is 0 Å². The van der Waals surface area contributed by atoms with E-state index in [1.807, 2.05) is 72.8 Å². The lowest BCUT2D eigenvalue weighted by molar-refractivity contribution is -0.402. The zero-order valence-electron chi connectivity index (χ0n) is 72.1. The van der Waals surface area contributed by atoms with E-state index in [0.29, 0.717) is 12.3 Å². The third kappa shape index (κ3) is 21.2. The zero-order chi connectivity index (χ0) is 85.1. The molecular formula is C85H126O33P2. The first kappa shape index (κ1) is 95.5. The van der Waals surface area contributed by atoms with E-state index in [1.165, 1.54) is 42.7 Å². The second kappa shape index (κ2) is 46.9. The van der Waals surface area contributed by atoms with Crippen LogP contribution in [0.5, 0.6) is 0 Å². The van der Waals surface area contributed by atoms with E-state index < -0.39 is 231 Å². The molecule has 25 rings (SSSR count). The van der Waals surface area contributed by atoms with Crippen LogP contribution in [0.2, 0.25) is 0 Å². The first-order valence-electron chi connectivity index (χ1n) is 40.5. The Hall–Kier alpha value is -3.58. The first-order valence-corrected chi connectivity index (χ1v) is 43.5. The number of methoxy groups -OCH3 is 19. The molecule has 0 aromatic heterocycles. The van der Waals surface area contributed by atoms with Crippen LogP contribution >= 0.6 is 15.8 Å². The van der Waals surface area contributed by atoms with Crippen molar-refractivity contribution in [1.82, 2.24) is 0 Å². The van der Waals surface area contributed by atoms with Crippen molar-refractivity contribution in [3.8, 4) is 0 Å². The Labute approximate surface area is 707 Å². The fraction of sp³-hybridized carbons (Fsp3) is 0.718. The molecule has 4 aromatic rings. The van der Waals surface area contributed by atoms with Crippen LogP contribution in [0, 0.1) is 0 Å². The SMILES string of the molecule is COC[C@H]1O[C@@H]2O[C@@H]3[C@@H](OC)[C@@H](OC)[C@@H](O[C@H]4[C@@H](OC)[C@@H](OC)[C@H](O[C@@H]5[C@@H](OC)[C@@H](OC)[C@@H](O[C@H]6[C@@H](OC)[C@@H](OC)[C@H](O[C@@H]7[C@@H](OC)[C@@H](OC)[C@@H](O[C@@H]8[C@@H](OC)[C@@H](OC)[C@@H](O[C@@H]1[C@@H](OC)[C@H]2OC)O[C@@H]8COC)O[C@@H]7COC)O[C@@H]6CP(c1ccccc1)c1ccccc1)O[C@@H]5COC)O[C@@H]4CP(c1ccccc1)c1ccccc1)O[C@@H]3COC. The molecule has 674 valence electrons. The number of ether oxygens (including phenoxy) is 33. The molecule has 21 fully saturated rings. The van der Waals surface area contributed by atoms with Crippen LogP contribution in [0.4, 0.5) is 0 Å². The summed E-state index contributed by atoms with van der Waals surface area (Å²) in [4.78, 5) is 0. The van der Waals surface area contributed by atoms with Crippen LogP contribution in [0.3, 0.4) is 0 Å². The maximum absolute atomic E-state index is 7.55. The van der Waals surface area contributed by atoms with Crippen molar-refractivity contribution in [1.29, 1.82) is 0 Å². The van der Waals surface area contributed by atoms with Gasteiger partial charge in [0.1, 0.15) is 159 Å². The van der Waals surface area contributed by atoms with E-state index in [-0.39, 0.29) is 33.0 Å². The van der Waals surface area contributed by atoms with Gasteiger partial charge in [0.2, 0.25) is 0 Å². The number of rotatable bonds is 32. The van der Waals surface area contributed by atoms with E-state index in [9.17, 15) is 0 Å². The van der Waals surface area contributed by atoms with Crippen molar-refractivity contribution in [2.75, 3.05) is 180 Å². The minimum absolute atomic E-state index is 0.0462. The van der Waals surface area contributed by atoms with Gasteiger partial charge in [0.05, 0.1) is 45.2 Å². The Morgan fingerprint density at radius 2 is 0.325 bits per heavy atom. The molecule has 0 saturated carbocycles. The maximum Gasteiger partial charge on any atom is 0.187 e. The Balaban J connectivity index is 0.996. The molecule has 0 unspecified atom stereocenters. The van der Waals surface area contributed by atoms with Crippen LogP contribution in [-0.2, 0) is 156 Å². The Kier molecular flexibility index (Phi) is 37.4. The Morgan fingerprint density at radius 1 is 0.183 bits per heavy atom. The molecule has 35 heteroatoms. The van der Waals surface area contributed by atoms with Crippen LogP contribution in [0.15, 0.2) is 121 Å². The third-order valence-corrected chi connectivity index (χ3v) is 28.8. The lowest BCUT2D eigenvalue weighted by Gasteiger charge is -2.53. The van der Waals surface area contributed by atoms with Crippen molar-refractivity contribution in [3.05, 3.63) is 121 Å². The molecule has 21 aliphatic heterocycles. The smallest absolute Gasteiger partial charge is 0.187 e. The summed E-state index contributed by atoms with van der Waals surface area (Å²) >= 11 is 0. The van der Waals surface area contributed by atoms with Gasteiger partial charge < -0.3 is 156 Å². The third-order valence-electron chi connectivity index (χ3n) is 23.6. The van der Waals surface area contributed by atoms with E-state index in [0.717, 1.165) is 21.2 Å². The highest BCUT2D eigenvalue weighted by Gasteiger charge is 2.63. The molecule has 120 heavy (non-hydrogen) atoms. The summed E-state index contributed by atoms with van der Waals surface area (Å²) in [6, 6.07) is 41.1. The van der Waals surface area contributed by atoms with E-state index >= 15 is 0 Å². The van der Waals surface area contributed by atoms with Crippen LogP contribution in [0.1, 0.15) is 0 Å². The topological polar surface area (TPSA) is 305 Å². The van der Waals surface area contributed by atoms with Gasteiger partial charge in [0.15, 0.2) is 44.0 Å². The van der Waals surface area contributed by atoms with Gasteiger partial charge in [-0.15, -0.1) is 0 Å². The molecular weight excluding hydrogens is 1610 g/mol. The fourth-order valence-corrected chi connectivity index (χ4v) is 22.9. The van der Waals surface area contributed by atoms with E-state index in [2.05, 4.69) is 48.5 Å². The van der Waals surface area contributed by atoms with Gasteiger partial charge in [0.25, 0.3) is 0 Å². The molecule has 0 radical (unpaired) electrons. The summed E-state index contributed by atoms with van der Waals surface area (Å²) in [5, 5.41) is 4.26. The van der Waals surface area contributed by atoms with Crippen LogP contribution in [-0.4, -0.2) is 395 Å². The predicted molar refractivity (Wildman–Crippen MR) is 433 cm³/mol. The highest BCUT2D eigenvalue weighted by Crippen LogP contribution is 2.47. The summed E-state index contributed by atoms with van der Waals surface area (Å²) in [5.74, 6) is 0. The quantitative estimate of drug-likeness (QED) is 0.0632. The zero-order valence-corrected chi connectivity index (χ0v) is 73.9. The van der Waals surface area contributed by atoms with Gasteiger partial charge in [-0.2, -0.15) is 0 Å². The second-order valence-electron chi connectivity index (χ2n) is 30.1. The summed E-state index contributed by atoms with van der Waals surface area (Å²) in [5.41, 5.74) is 0. The summed E-state index contributed by atoms with van der Waals surface area (Å²) < 4.78 is 223. The molecule has 21 saturated heterocycles. The van der Waals surface area contributed by atoms with Gasteiger partial charge >= 0.3 is 0 Å². The lowest BCUT2D eigenvalue weighted by Crippen LogP contribution is -2.69. The monoisotopic (exact) mass is 1740 g/mol. The minimum Gasteiger partial charge on any atom is -0.382 e. The van der Waals surface area contributed by atoms with Crippen molar-refractivity contribution in [3.63, 3.8) is 0 Å². The molecule has 14 bridgehead atoms. The van der Waals surface area contributed by atoms with Crippen molar-refractivity contribution in [2.24, 2.45) is 0 Å². The molecule has 0 spiro atoms. The molecule has 0 amide bonds. The van der Waals surface area contributed by atoms with Gasteiger partial charge in [-0.25, -0.2) is 0 Å². The maximum atomic E-state index is 7.55. The second-order valence-corrected chi connectivity index (χ2v) is 34.7. The summed E-state index contributed by atoms with van der Waals surface area (Å²) in [6.45, 7) is -0.232. The average Bonchev–Trinajstić information content (AvgIpc) is 0.763. The van der Waals surface area contributed by atoms with Gasteiger partial charge in [-0.05, 0) is 37.1 Å². The van der Waals surface area contributed by atoms with Gasteiger partial charge in [-0.3, -0.25) is 0 Å². The highest BCUT2D eigenvalue weighted by atomic mass is 31.1. The summed E-state index contributed by atoms with van der Waals surface area (Å²) in [6.07, 6.45) is -36.0. The fourth-order valence-electron chi connectivity index (χ4n) is 18.1. The molecule has 4 aromatic carbocycles. The summed E-state index contributed by atoms with van der Waals surface area (Å²) in [7, 11) is 26.9. The van der Waals surface area contributed by atoms with Crippen molar-refractivity contribution < 1.29 is 156 Å². The first-order chi connectivity index (χ1) is 58.7. The Bertz CT molecular complexity index is 3360. The van der Waals surface area contributed by atoms with E-state index in [4.69, 9.17) is 156 Å². The lowest BCUT2D eigenvalue weighted by atomic mass is 9.94. The number of benzene rings is 4. The average molecular weight is 1740 g/mol. The molecule has 33 nitrogen and oxygen atoms in total. The van der Waals surface area contributed by atoms with Crippen molar-refractivity contribution in [2.45, 2.75) is 215 Å². The minimum atomic E-state index is -1.26. The van der Waals surface area contributed by atoms with Gasteiger partial charge in [0, 0.05) is 147 Å². The normalized spacial score (nSPS) is 39.8. The standard InChI is InChI=1S/C85H126O33P2/c1-86-40-51-58-65(91-6)73(99-14)80(106-51)114-60-53(42-88-3)108-82(75(101-16)67(60)93-8)117-63-56(45-119(47-32-24-20-25-33-47)48-34-26-21-27-35-48)111-85(78(104-19)70(63)96-11)116-62-55(44-90-5)109-83(76(102-17)69(62)95-10)118-64-57(46-120(49-36-28-22-29-37-49)50-38-30-23-31-39-50)110-84(77(103-18)71(64)97-12)115-61-54(43-89-4)107-81(74(100-15)68(61)94-9)113-59-52(41-87-2)105-79(112-58)72(98-13)66(59)92-7/h20-39,51-85H,40-46H2,1-19H3/t51-,52-,53-,54-,55-,56-,57-,58+,59+,60+,61+,62+,63-,64-,65-,66-,67-,68-,69-,70-,71-,72-,73-,74-,75-,76-,77-,78-,79-,80-,81-,82-,83-,84+,85+/m1/s1. The van der Waals surface area contributed by atoms with E-state index in [1.54, 1.807) is 92.4 Å². The predicted octanol–water partition coefficient (Wildman–Crippen LogP) is 3.48. The highest BCUT2D eigenvalue weighted by molar-refractivity contribution is 7.73. The molecule has 35 atom stereocenters. The van der Waals surface area contributed by atoms with Gasteiger partial charge in [-0.1, -0.05) is 121 Å². The molecule has 21 aliphatic rings. The molecule has 21 heterocycles. The van der Waals surface area contributed by atoms with Crippen molar-refractivity contribution >= 4 is 37.1 Å².